The van der Waals surface area contributed by atoms with E-state index in [2.05, 4.69) is 37.8 Å². The van der Waals surface area contributed by atoms with Crippen LogP contribution in [-0.2, 0) is 0 Å². The summed E-state index contributed by atoms with van der Waals surface area (Å²) in [5.74, 6) is 0. The Hall–Kier alpha value is -1.90. The zero-order valence-corrected chi connectivity index (χ0v) is 13.1. The van der Waals surface area contributed by atoms with Gasteiger partial charge in [0.1, 0.15) is 0 Å². The molecule has 0 aliphatic heterocycles. The molecule has 110 valence electrons. The smallest absolute Gasteiger partial charge is 0.0601 e. The maximum Gasteiger partial charge on any atom is 0.0601 e. The molecule has 0 amide bonds. The van der Waals surface area contributed by atoms with Crippen molar-refractivity contribution in [3.05, 3.63) is 41.5 Å². The van der Waals surface area contributed by atoms with Gasteiger partial charge in [0, 0.05) is 19.3 Å². The van der Waals surface area contributed by atoms with Crippen LogP contribution < -0.4 is 16.4 Å². The second-order valence-corrected chi connectivity index (χ2v) is 5.57. The minimum atomic E-state index is 0.702. The van der Waals surface area contributed by atoms with E-state index in [1.54, 1.807) is 6.07 Å². The van der Waals surface area contributed by atoms with Crippen molar-refractivity contribution in [3.63, 3.8) is 0 Å². The molecule has 1 rings (SSSR count). The fourth-order valence-corrected chi connectivity index (χ4v) is 2.00. The molecule has 0 saturated carbocycles. The Labute approximate surface area is 123 Å². The highest BCUT2D eigenvalue weighted by Gasteiger charge is 2.04. The van der Waals surface area contributed by atoms with E-state index in [-0.39, 0.29) is 0 Å². The number of nitrogen functional groups attached to an aromatic ring is 2. The van der Waals surface area contributed by atoms with Gasteiger partial charge in [-0.05, 0) is 51.8 Å². The van der Waals surface area contributed by atoms with Crippen LogP contribution in [0.3, 0.4) is 0 Å². The van der Waals surface area contributed by atoms with Crippen LogP contribution in [0.4, 0.5) is 17.1 Å². The fraction of sp³-hybridized carbons (Fsp3) is 0.412. The van der Waals surface area contributed by atoms with Crippen LogP contribution in [0.15, 0.2) is 41.5 Å². The topological polar surface area (TPSA) is 55.3 Å². The standard InChI is InChI=1S/C17H27N3/c1-13(2)6-5-7-14(3)10-11-20(4)17-9-8-15(18)12-16(17)19/h6,8-10,12H,5,7,11,18-19H2,1-4H3. The highest BCUT2D eigenvalue weighted by atomic mass is 15.1. The average Bonchev–Trinajstić information content (AvgIpc) is 2.35. The summed E-state index contributed by atoms with van der Waals surface area (Å²) in [4.78, 5) is 2.14. The predicted octanol–water partition coefficient (Wildman–Crippen LogP) is 3.98. The van der Waals surface area contributed by atoms with Gasteiger partial charge < -0.3 is 16.4 Å². The number of nitrogens with two attached hydrogens (primary N) is 2. The third kappa shape index (κ3) is 5.39. The third-order valence-corrected chi connectivity index (χ3v) is 3.27. The first kappa shape index (κ1) is 16.2. The van der Waals surface area contributed by atoms with Gasteiger partial charge in [0.05, 0.1) is 11.4 Å². The van der Waals surface area contributed by atoms with Crippen LogP contribution in [0, 0.1) is 0 Å². The second-order valence-electron chi connectivity index (χ2n) is 5.57. The van der Waals surface area contributed by atoms with Crippen LogP contribution in [0.1, 0.15) is 33.6 Å². The quantitative estimate of drug-likeness (QED) is 0.609. The number of allylic oxidation sites excluding steroid dienone is 3. The SMILES string of the molecule is CC(C)=CCCC(C)=CCN(C)c1ccc(N)cc1N. The molecule has 0 spiro atoms. The Morgan fingerprint density at radius 3 is 2.45 bits per heavy atom. The lowest BCUT2D eigenvalue weighted by Crippen LogP contribution is -2.18. The van der Waals surface area contributed by atoms with E-state index in [4.69, 9.17) is 11.5 Å². The van der Waals surface area contributed by atoms with Crippen molar-refractivity contribution in [2.75, 3.05) is 30.0 Å². The molecule has 0 fully saturated rings. The monoisotopic (exact) mass is 273 g/mol. The van der Waals surface area contributed by atoms with Gasteiger partial charge in [0.2, 0.25) is 0 Å². The van der Waals surface area contributed by atoms with Gasteiger partial charge in [-0.1, -0.05) is 23.3 Å². The third-order valence-electron chi connectivity index (χ3n) is 3.27. The first-order chi connectivity index (χ1) is 9.40. The first-order valence-electron chi connectivity index (χ1n) is 7.05. The molecular formula is C17H27N3. The molecule has 1 aromatic carbocycles. The van der Waals surface area contributed by atoms with Crippen molar-refractivity contribution in [3.8, 4) is 0 Å². The maximum atomic E-state index is 5.99. The summed E-state index contributed by atoms with van der Waals surface area (Å²) >= 11 is 0. The summed E-state index contributed by atoms with van der Waals surface area (Å²) in [5, 5.41) is 0. The Bertz CT molecular complexity index is 497. The first-order valence-corrected chi connectivity index (χ1v) is 7.05. The van der Waals surface area contributed by atoms with E-state index in [0.717, 1.165) is 30.8 Å². The normalized spacial score (nSPS) is 11.3. The molecule has 3 heteroatoms. The molecule has 0 unspecified atom stereocenters. The Morgan fingerprint density at radius 2 is 1.85 bits per heavy atom. The number of hydrogen-bond donors (Lipinski definition) is 2. The molecule has 0 bridgehead atoms. The van der Waals surface area contributed by atoms with Crippen molar-refractivity contribution in [2.24, 2.45) is 0 Å². The van der Waals surface area contributed by atoms with Gasteiger partial charge in [-0.2, -0.15) is 0 Å². The lowest BCUT2D eigenvalue weighted by Gasteiger charge is -2.20. The molecule has 0 radical (unpaired) electrons. The number of nitrogens with zero attached hydrogens (tertiary/aromatic N) is 1. The molecule has 3 nitrogen and oxygen atoms in total. The lowest BCUT2D eigenvalue weighted by molar-refractivity contribution is 0.941. The van der Waals surface area contributed by atoms with E-state index in [9.17, 15) is 0 Å². The van der Waals surface area contributed by atoms with E-state index in [1.807, 2.05) is 19.2 Å². The van der Waals surface area contributed by atoms with Gasteiger partial charge in [0.15, 0.2) is 0 Å². The average molecular weight is 273 g/mol. The van der Waals surface area contributed by atoms with Crippen LogP contribution in [-0.4, -0.2) is 13.6 Å². The molecule has 0 aliphatic rings. The molecule has 0 atom stereocenters. The molecule has 4 N–H and O–H groups in total. The van der Waals surface area contributed by atoms with Crippen LogP contribution in [0.25, 0.3) is 0 Å². The van der Waals surface area contributed by atoms with Gasteiger partial charge in [-0.3, -0.25) is 0 Å². The minimum absolute atomic E-state index is 0.702. The fourth-order valence-electron chi connectivity index (χ4n) is 2.00. The van der Waals surface area contributed by atoms with Crippen molar-refractivity contribution in [1.29, 1.82) is 0 Å². The predicted molar refractivity (Wildman–Crippen MR) is 91.0 cm³/mol. The van der Waals surface area contributed by atoms with E-state index in [1.165, 1.54) is 11.1 Å². The largest absolute Gasteiger partial charge is 0.399 e. The maximum absolute atomic E-state index is 5.99. The Morgan fingerprint density at radius 1 is 1.15 bits per heavy atom. The van der Waals surface area contributed by atoms with Gasteiger partial charge >= 0.3 is 0 Å². The Kier molecular flexibility index (Phi) is 6.16. The number of benzene rings is 1. The summed E-state index contributed by atoms with van der Waals surface area (Å²) in [6, 6.07) is 5.65. The summed E-state index contributed by atoms with van der Waals surface area (Å²) in [7, 11) is 2.04. The van der Waals surface area contributed by atoms with E-state index < -0.39 is 0 Å². The van der Waals surface area contributed by atoms with E-state index >= 15 is 0 Å². The highest BCUT2D eigenvalue weighted by Crippen LogP contribution is 2.24. The van der Waals surface area contributed by atoms with Crippen LogP contribution in [0.5, 0.6) is 0 Å². The van der Waals surface area contributed by atoms with Crippen molar-refractivity contribution in [2.45, 2.75) is 33.6 Å². The Balaban J connectivity index is 2.57. The highest BCUT2D eigenvalue weighted by molar-refractivity contribution is 5.71. The van der Waals surface area contributed by atoms with Crippen molar-refractivity contribution >= 4 is 17.1 Å². The van der Waals surface area contributed by atoms with Gasteiger partial charge in [0.25, 0.3) is 0 Å². The molecule has 1 aromatic rings. The number of anilines is 3. The zero-order chi connectivity index (χ0) is 15.1. The summed E-state index contributed by atoms with van der Waals surface area (Å²) in [6.07, 6.45) is 6.75. The zero-order valence-electron chi connectivity index (χ0n) is 13.1. The van der Waals surface area contributed by atoms with Crippen LogP contribution >= 0.6 is 0 Å². The summed E-state index contributed by atoms with van der Waals surface area (Å²) in [5.41, 5.74) is 16.9. The molecule has 0 heterocycles. The number of likely N-dealkylation sites (N-methyl/N-ethyl adjacent to an activating group) is 1. The second kappa shape index (κ2) is 7.63. The number of rotatable bonds is 6. The molecule has 0 saturated heterocycles. The van der Waals surface area contributed by atoms with Gasteiger partial charge in [-0.25, -0.2) is 0 Å². The summed E-state index contributed by atoms with van der Waals surface area (Å²) in [6.45, 7) is 7.31. The molecule has 0 aromatic heterocycles. The summed E-state index contributed by atoms with van der Waals surface area (Å²) < 4.78 is 0. The number of hydrogen-bond acceptors (Lipinski definition) is 3. The van der Waals surface area contributed by atoms with E-state index in [0.29, 0.717) is 5.69 Å². The molecular weight excluding hydrogens is 246 g/mol. The lowest BCUT2D eigenvalue weighted by atomic mass is 10.1. The van der Waals surface area contributed by atoms with Crippen LogP contribution in [0.2, 0.25) is 0 Å². The van der Waals surface area contributed by atoms with Crippen molar-refractivity contribution < 1.29 is 0 Å². The van der Waals surface area contributed by atoms with Crippen molar-refractivity contribution in [1.82, 2.24) is 0 Å². The molecule has 0 aliphatic carbocycles. The minimum Gasteiger partial charge on any atom is -0.399 e. The van der Waals surface area contributed by atoms with Gasteiger partial charge in [-0.15, -0.1) is 0 Å². The molecule has 20 heavy (non-hydrogen) atoms.